The van der Waals surface area contributed by atoms with Crippen molar-refractivity contribution in [1.82, 2.24) is 9.93 Å². The summed E-state index contributed by atoms with van der Waals surface area (Å²) in [7, 11) is 0. The van der Waals surface area contributed by atoms with Crippen LogP contribution in [0.5, 0.6) is 5.75 Å². The van der Waals surface area contributed by atoms with Crippen molar-refractivity contribution in [3.8, 4) is 5.75 Å². The van der Waals surface area contributed by atoms with Crippen molar-refractivity contribution in [3.05, 3.63) is 24.0 Å². The molecule has 4 nitrogen and oxygen atoms in total. The molecule has 2 N–H and O–H groups in total. The number of rotatable bonds is 2. The number of hydrogen-bond acceptors (Lipinski definition) is 4. The molecule has 0 aromatic carbocycles. The molecule has 0 atom stereocenters. The molecule has 0 spiro atoms. The molecule has 0 unspecified atom stereocenters. The Kier molecular flexibility index (Phi) is 2.88. The Bertz CT molecular complexity index is 283. The van der Waals surface area contributed by atoms with E-state index in [0.717, 1.165) is 0 Å². The number of nitrogens with zero attached hydrogens (tertiary/aromatic N) is 2. The lowest BCUT2D eigenvalue weighted by Gasteiger charge is -1.97. The minimum Gasteiger partial charge on any atom is -0.506 e. The van der Waals surface area contributed by atoms with E-state index in [2.05, 4.69) is 15.0 Å². The van der Waals surface area contributed by atoms with E-state index in [-0.39, 0.29) is 5.75 Å². The first-order chi connectivity index (χ1) is 5.74. The molecule has 0 fully saturated rings. The summed E-state index contributed by atoms with van der Waals surface area (Å²) in [4.78, 5) is 6.06. The van der Waals surface area contributed by atoms with Crippen molar-refractivity contribution in [2.45, 2.75) is 6.92 Å². The first-order valence-corrected chi connectivity index (χ1v) is 3.67. The maximum Gasteiger partial charge on any atom is 0.133 e. The number of aromatic hydroxyl groups is 1. The molecular formula is C7H8ClN3O. The summed E-state index contributed by atoms with van der Waals surface area (Å²) in [6.45, 7) is 1.76. The van der Waals surface area contributed by atoms with Gasteiger partial charge in [-0.1, -0.05) is 0 Å². The van der Waals surface area contributed by atoms with Crippen molar-refractivity contribution < 1.29 is 5.11 Å². The molecule has 0 saturated heterocycles. The fraction of sp³-hybridized carbons (Fsp3) is 0.143. The second-order valence-electron chi connectivity index (χ2n) is 2.18. The van der Waals surface area contributed by atoms with Crippen LogP contribution in [-0.2, 0) is 0 Å². The zero-order chi connectivity index (χ0) is 8.97. The third kappa shape index (κ3) is 2.10. The summed E-state index contributed by atoms with van der Waals surface area (Å²) in [6, 6.07) is 3.19. The second-order valence-corrected chi connectivity index (χ2v) is 2.35. The predicted molar refractivity (Wildman–Crippen MR) is 47.1 cm³/mol. The van der Waals surface area contributed by atoms with Crippen LogP contribution in [0.2, 0.25) is 0 Å². The van der Waals surface area contributed by atoms with E-state index in [1.807, 2.05) is 0 Å². The Morgan fingerprint density at radius 3 is 2.92 bits per heavy atom. The lowest BCUT2D eigenvalue weighted by Crippen LogP contribution is -2.01. The van der Waals surface area contributed by atoms with E-state index < -0.39 is 0 Å². The monoisotopic (exact) mass is 185 g/mol. The Morgan fingerprint density at radius 2 is 2.42 bits per heavy atom. The van der Waals surface area contributed by atoms with Crippen LogP contribution in [0.3, 0.4) is 0 Å². The highest BCUT2D eigenvalue weighted by Crippen LogP contribution is 2.06. The Morgan fingerprint density at radius 1 is 1.67 bits per heavy atom. The lowest BCUT2D eigenvalue weighted by atomic mass is 10.2. The first kappa shape index (κ1) is 8.80. The third-order valence-electron chi connectivity index (χ3n) is 1.33. The quantitative estimate of drug-likeness (QED) is 0.414. The van der Waals surface area contributed by atoms with Gasteiger partial charge in [0.1, 0.15) is 5.75 Å². The molecule has 0 aliphatic heterocycles. The topological polar surface area (TPSA) is 57.5 Å². The maximum atomic E-state index is 8.92. The number of hydrazone groups is 1. The molecule has 0 bridgehead atoms. The normalized spacial score (nSPS) is 11.3. The Hall–Kier alpha value is -1.29. The SMILES string of the molecule is CC(=NNCl)c1ccc(O)cn1. The minimum absolute atomic E-state index is 0.130. The first-order valence-electron chi connectivity index (χ1n) is 3.29. The summed E-state index contributed by atoms with van der Waals surface area (Å²) in [5.74, 6) is 0.130. The molecule has 0 saturated carbocycles. The van der Waals surface area contributed by atoms with Gasteiger partial charge in [-0.3, -0.25) is 4.98 Å². The summed E-state index contributed by atoms with van der Waals surface area (Å²) in [5, 5.41) is 12.6. The van der Waals surface area contributed by atoms with Crippen LogP contribution in [-0.4, -0.2) is 15.8 Å². The predicted octanol–water partition coefficient (Wildman–Crippen LogP) is 1.25. The third-order valence-corrected chi connectivity index (χ3v) is 1.41. The van der Waals surface area contributed by atoms with Gasteiger partial charge in [0.2, 0.25) is 0 Å². The molecule has 0 aliphatic rings. The molecular weight excluding hydrogens is 178 g/mol. The molecule has 0 aliphatic carbocycles. The van der Waals surface area contributed by atoms with Gasteiger partial charge >= 0.3 is 0 Å². The average Bonchev–Trinajstić information content (AvgIpc) is 2.06. The molecule has 12 heavy (non-hydrogen) atoms. The van der Waals surface area contributed by atoms with Crippen LogP contribution in [0.25, 0.3) is 0 Å². The van der Waals surface area contributed by atoms with Crippen LogP contribution >= 0.6 is 11.8 Å². The fourth-order valence-corrected chi connectivity index (χ4v) is 0.848. The largest absolute Gasteiger partial charge is 0.506 e. The molecule has 1 aromatic heterocycles. The zero-order valence-electron chi connectivity index (χ0n) is 6.45. The molecule has 0 radical (unpaired) electrons. The van der Waals surface area contributed by atoms with Gasteiger partial charge in [-0.25, -0.2) is 4.94 Å². The second kappa shape index (κ2) is 3.92. The Balaban J connectivity index is 2.89. The van der Waals surface area contributed by atoms with E-state index >= 15 is 0 Å². The number of pyridine rings is 1. The van der Waals surface area contributed by atoms with Crippen molar-refractivity contribution in [3.63, 3.8) is 0 Å². The summed E-state index contributed by atoms with van der Waals surface area (Å²) >= 11 is 5.16. The molecule has 0 amide bonds. The highest BCUT2D eigenvalue weighted by Gasteiger charge is 1.97. The van der Waals surface area contributed by atoms with Gasteiger partial charge in [0, 0.05) is 11.8 Å². The van der Waals surface area contributed by atoms with E-state index in [0.29, 0.717) is 11.4 Å². The molecule has 1 rings (SSSR count). The zero-order valence-corrected chi connectivity index (χ0v) is 7.21. The number of aromatic nitrogens is 1. The molecule has 1 heterocycles. The van der Waals surface area contributed by atoms with Crippen molar-refractivity contribution in [1.29, 1.82) is 0 Å². The van der Waals surface area contributed by atoms with Crippen molar-refractivity contribution >= 4 is 17.5 Å². The van der Waals surface area contributed by atoms with Crippen molar-refractivity contribution in [2.75, 3.05) is 0 Å². The molecule has 5 heteroatoms. The number of halogens is 1. The van der Waals surface area contributed by atoms with Crippen LogP contribution in [0.1, 0.15) is 12.6 Å². The van der Waals surface area contributed by atoms with Gasteiger partial charge in [-0.05, 0) is 19.1 Å². The number of hydrogen-bond donors (Lipinski definition) is 2. The maximum absolute atomic E-state index is 8.92. The highest BCUT2D eigenvalue weighted by atomic mass is 35.5. The van der Waals surface area contributed by atoms with Gasteiger partial charge < -0.3 is 5.11 Å². The lowest BCUT2D eigenvalue weighted by molar-refractivity contribution is 0.472. The Labute approximate surface area is 75.0 Å². The van der Waals surface area contributed by atoms with E-state index in [1.165, 1.54) is 12.3 Å². The minimum atomic E-state index is 0.130. The standard InChI is InChI=1S/C7H8ClN3O/c1-5(10-11-8)7-3-2-6(12)4-9-7/h2-4,11-12H,1H3. The number of nitrogens with one attached hydrogen (secondary N) is 1. The van der Waals surface area contributed by atoms with Crippen LogP contribution < -0.4 is 4.94 Å². The highest BCUT2D eigenvalue weighted by molar-refractivity contribution is 6.14. The average molecular weight is 186 g/mol. The van der Waals surface area contributed by atoms with Crippen LogP contribution in [0, 0.1) is 0 Å². The smallest absolute Gasteiger partial charge is 0.133 e. The molecule has 64 valence electrons. The van der Waals surface area contributed by atoms with Gasteiger partial charge in [-0.2, -0.15) is 5.10 Å². The van der Waals surface area contributed by atoms with Gasteiger partial charge in [-0.15, -0.1) is 0 Å². The van der Waals surface area contributed by atoms with Gasteiger partial charge in [0.15, 0.2) is 0 Å². The van der Waals surface area contributed by atoms with E-state index in [9.17, 15) is 0 Å². The summed E-state index contributed by atoms with van der Waals surface area (Å²) < 4.78 is 0. The summed E-state index contributed by atoms with van der Waals surface area (Å²) in [5.41, 5.74) is 1.32. The molecule has 1 aromatic rings. The van der Waals surface area contributed by atoms with Gasteiger partial charge in [0.25, 0.3) is 0 Å². The van der Waals surface area contributed by atoms with Crippen LogP contribution in [0.4, 0.5) is 0 Å². The van der Waals surface area contributed by atoms with E-state index in [4.69, 9.17) is 16.9 Å². The summed E-state index contributed by atoms with van der Waals surface area (Å²) in [6.07, 6.45) is 1.35. The van der Waals surface area contributed by atoms with Crippen molar-refractivity contribution in [2.24, 2.45) is 5.10 Å². The van der Waals surface area contributed by atoms with Crippen LogP contribution in [0.15, 0.2) is 23.4 Å². The van der Waals surface area contributed by atoms with E-state index in [1.54, 1.807) is 13.0 Å². The van der Waals surface area contributed by atoms with Gasteiger partial charge in [0.05, 0.1) is 17.6 Å². The fourth-order valence-electron chi connectivity index (χ4n) is 0.721.